The van der Waals surface area contributed by atoms with Crippen LogP contribution >= 0.6 is 11.6 Å². The highest BCUT2D eigenvalue weighted by Crippen LogP contribution is 2.20. The molecule has 0 radical (unpaired) electrons. The van der Waals surface area contributed by atoms with Crippen molar-refractivity contribution in [3.8, 4) is 0 Å². The van der Waals surface area contributed by atoms with Gasteiger partial charge in [0, 0.05) is 23.3 Å². The molecule has 1 aromatic rings. The van der Waals surface area contributed by atoms with Gasteiger partial charge in [0.2, 0.25) is 5.91 Å². The Labute approximate surface area is 125 Å². The standard InChI is InChI=1S/C15H22ClN3O/c1-11-5-6-12(8-14(11)16)18-15(20)10-19(2)13-4-3-7-17-9-13/h5-6,8,13,17H,3-4,7,9-10H2,1-2H3,(H,18,20). The SMILES string of the molecule is Cc1ccc(NC(=O)CN(C)C2CCCNC2)cc1Cl. The second-order valence-corrected chi connectivity index (χ2v) is 5.83. The van der Waals surface area contributed by atoms with E-state index in [1.807, 2.05) is 26.1 Å². The molecule has 1 amide bonds. The van der Waals surface area contributed by atoms with Crippen molar-refractivity contribution >= 4 is 23.2 Å². The number of hydrogen-bond acceptors (Lipinski definition) is 3. The molecule has 1 heterocycles. The Morgan fingerprint density at radius 1 is 1.55 bits per heavy atom. The number of halogens is 1. The van der Waals surface area contributed by atoms with Crippen LogP contribution in [0.15, 0.2) is 18.2 Å². The highest BCUT2D eigenvalue weighted by atomic mass is 35.5. The number of rotatable bonds is 4. The van der Waals surface area contributed by atoms with Gasteiger partial charge in [-0.1, -0.05) is 17.7 Å². The summed E-state index contributed by atoms with van der Waals surface area (Å²) in [6.07, 6.45) is 2.32. The molecule has 0 spiro atoms. The van der Waals surface area contributed by atoms with Crippen molar-refractivity contribution in [1.29, 1.82) is 0 Å². The van der Waals surface area contributed by atoms with Gasteiger partial charge >= 0.3 is 0 Å². The molecule has 4 nitrogen and oxygen atoms in total. The lowest BCUT2D eigenvalue weighted by atomic mass is 10.1. The molecule has 5 heteroatoms. The number of carbonyl (C=O) groups excluding carboxylic acids is 1. The molecule has 2 rings (SSSR count). The number of carbonyl (C=O) groups is 1. The van der Waals surface area contributed by atoms with Crippen molar-refractivity contribution in [2.45, 2.75) is 25.8 Å². The van der Waals surface area contributed by atoms with E-state index in [0.717, 1.165) is 30.8 Å². The molecule has 1 unspecified atom stereocenters. The first-order chi connectivity index (χ1) is 9.56. The zero-order valence-corrected chi connectivity index (χ0v) is 12.8. The second kappa shape index (κ2) is 7.07. The number of benzene rings is 1. The lowest BCUT2D eigenvalue weighted by Crippen LogP contribution is -2.46. The molecule has 1 fully saturated rings. The summed E-state index contributed by atoms with van der Waals surface area (Å²) in [5.41, 5.74) is 1.76. The fourth-order valence-electron chi connectivity index (χ4n) is 2.44. The third kappa shape index (κ3) is 4.20. The zero-order valence-electron chi connectivity index (χ0n) is 12.1. The Balaban J connectivity index is 1.86. The summed E-state index contributed by atoms with van der Waals surface area (Å²) < 4.78 is 0. The van der Waals surface area contributed by atoms with Crippen molar-refractivity contribution in [2.24, 2.45) is 0 Å². The van der Waals surface area contributed by atoms with E-state index in [2.05, 4.69) is 15.5 Å². The van der Waals surface area contributed by atoms with Crippen molar-refractivity contribution in [3.05, 3.63) is 28.8 Å². The van der Waals surface area contributed by atoms with Crippen LogP contribution < -0.4 is 10.6 Å². The highest BCUT2D eigenvalue weighted by molar-refractivity contribution is 6.31. The molecular formula is C15H22ClN3O. The van der Waals surface area contributed by atoms with Crippen molar-refractivity contribution in [1.82, 2.24) is 10.2 Å². The summed E-state index contributed by atoms with van der Waals surface area (Å²) in [7, 11) is 2.00. The van der Waals surface area contributed by atoms with Gasteiger partial charge in [0.05, 0.1) is 6.54 Å². The molecule has 1 aliphatic heterocycles. The van der Waals surface area contributed by atoms with E-state index in [-0.39, 0.29) is 5.91 Å². The molecule has 0 bridgehead atoms. The van der Waals surface area contributed by atoms with E-state index >= 15 is 0 Å². The molecule has 0 saturated carbocycles. The number of amides is 1. The molecule has 1 saturated heterocycles. The third-order valence-electron chi connectivity index (χ3n) is 3.74. The van der Waals surface area contributed by atoms with Crippen LogP contribution in [0.25, 0.3) is 0 Å². The number of piperidine rings is 1. The van der Waals surface area contributed by atoms with E-state index in [4.69, 9.17) is 11.6 Å². The van der Waals surface area contributed by atoms with Crippen molar-refractivity contribution < 1.29 is 4.79 Å². The number of nitrogens with one attached hydrogen (secondary N) is 2. The lowest BCUT2D eigenvalue weighted by Gasteiger charge is -2.31. The molecule has 2 N–H and O–H groups in total. The maximum Gasteiger partial charge on any atom is 0.238 e. The van der Waals surface area contributed by atoms with Crippen LogP contribution in [0.4, 0.5) is 5.69 Å². The van der Waals surface area contributed by atoms with E-state index in [1.165, 1.54) is 6.42 Å². The first-order valence-corrected chi connectivity index (χ1v) is 7.41. The zero-order chi connectivity index (χ0) is 14.5. The van der Waals surface area contributed by atoms with Crippen LogP contribution in [0.1, 0.15) is 18.4 Å². The number of anilines is 1. The number of aryl methyl sites for hydroxylation is 1. The Kier molecular flexibility index (Phi) is 5.40. The van der Waals surface area contributed by atoms with Gasteiger partial charge in [0.15, 0.2) is 0 Å². The summed E-state index contributed by atoms with van der Waals surface area (Å²) in [4.78, 5) is 14.2. The monoisotopic (exact) mass is 295 g/mol. The molecule has 20 heavy (non-hydrogen) atoms. The average molecular weight is 296 g/mol. The van der Waals surface area contributed by atoms with E-state index in [1.54, 1.807) is 6.07 Å². The number of nitrogens with zero attached hydrogens (tertiary/aromatic N) is 1. The number of hydrogen-bond donors (Lipinski definition) is 2. The number of likely N-dealkylation sites (N-methyl/N-ethyl adjacent to an activating group) is 1. The molecular weight excluding hydrogens is 274 g/mol. The van der Waals surface area contributed by atoms with Crippen LogP contribution in [0.5, 0.6) is 0 Å². The summed E-state index contributed by atoms with van der Waals surface area (Å²) in [5.74, 6) is -0.00186. The van der Waals surface area contributed by atoms with Crippen molar-refractivity contribution in [2.75, 3.05) is 32.0 Å². The molecule has 0 aromatic heterocycles. The lowest BCUT2D eigenvalue weighted by molar-refractivity contribution is -0.117. The van der Waals surface area contributed by atoms with Crippen LogP contribution in [-0.2, 0) is 4.79 Å². The van der Waals surface area contributed by atoms with Gasteiger partial charge in [-0.3, -0.25) is 9.69 Å². The van der Waals surface area contributed by atoms with Gasteiger partial charge in [-0.05, 0) is 51.1 Å². The maximum atomic E-state index is 12.0. The van der Waals surface area contributed by atoms with Gasteiger partial charge < -0.3 is 10.6 Å². The fourth-order valence-corrected chi connectivity index (χ4v) is 2.62. The Morgan fingerprint density at radius 2 is 2.35 bits per heavy atom. The summed E-state index contributed by atoms with van der Waals surface area (Å²) in [6.45, 7) is 4.38. The normalized spacial score (nSPS) is 19.1. The largest absolute Gasteiger partial charge is 0.325 e. The molecule has 1 atom stereocenters. The van der Waals surface area contributed by atoms with Crippen LogP contribution in [0, 0.1) is 6.92 Å². The fraction of sp³-hybridized carbons (Fsp3) is 0.533. The van der Waals surface area contributed by atoms with Gasteiger partial charge in [0.25, 0.3) is 0 Å². The smallest absolute Gasteiger partial charge is 0.238 e. The minimum absolute atomic E-state index is 0.00186. The topological polar surface area (TPSA) is 44.4 Å². The predicted octanol–water partition coefficient (Wildman–Crippen LogP) is 2.27. The highest BCUT2D eigenvalue weighted by Gasteiger charge is 2.19. The van der Waals surface area contributed by atoms with Gasteiger partial charge in [-0.25, -0.2) is 0 Å². The van der Waals surface area contributed by atoms with E-state index in [0.29, 0.717) is 17.6 Å². The second-order valence-electron chi connectivity index (χ2n) is 5.43. The van der Waals surface area contributed by atoms with Gasteiger partial charge in [-0.2, -0.15) is 0 Å². The van der Waals surface area contributed by atoms with Crippen LogP contribution in [0.3, 0.4) is 0 Å². The van der Waals surface area contributed by atoms with Gasteiger partial charge in [0.1, 0.15) is 0 Å². The van der Waals surface area contributed by atoms with E-state index < -0.39 is 0 Å². The Bertz CT molecular complexity index is 472. The molecule has 0 aliphatic carbocycles. The molecule has 110 valence electrons. The van der Waals surface area contributed by atoms with Gasteiger partial charge in [-0.15, -0.1) is 0 Å². The summed E-state index contributed by atoms with van der Waals surface area (Å²) in [5, 5.41) is 6.93. The van der Waals surface area contributed by atoms with Crippen molar-refractivity contribution in [3.63, 3.8) is 0 Å². The third-order valence-corrected chi connectivity index (χ3v) is 4.15. The minimum Gasteiger partial charge on any atom is -0.325 e. The Morgan fingerprint density at radius 3 is 3.00 bits per heavy atom. The average Bonchev–Trinajstić information content (AvgIpc) is 2.44. The van der Waals surface area contributed by atoms with Crippen LogP contribution in [0.2, 0.25) is 5.02 Å². The Hall–Kier alpha value is -1.10. The summed E-state index contributed by atoms with van der Waals surface area (Å²) in [6, 6.07) is 6.02. The van der Waals surface area contributed by atoms with Crippen LogP contribution in [-0.4, -0.2) is 43.5 Å². The first-order valence-electron chi connectivity index (χ1n) is 7.03. The molecule has 1 aromatic carbocycles. The van der Waals surface area contributed by atoms with E-state index in [9.17, 15) is 4.79 Å². The maximum absolute atomic E-state index is 12.0. The minimum atomic E-state index is -0.00186. The predicted molar refractivity (Wildman–Crippen MR) is 83.3 cm³/mol. The molecule has 1 aliphatic rings. The quantitative estimate of drug-likeness (QED) is 0.896. The first kappa shape index (κ1) is 15.3. The summed E-state index contributed by atoms with van der Waals surface area (Å²) >= 11 is 6.05.